The van der Waals surface area contributed by atoms with E-state index < -0.39 is 24.6 Å². The lowest BCUT2D eigenvalue weighted by molar-refractivity contribution is -0.143. The van der Waals surface area contributed by atoms with Gasteiger partial charge in [-0.05, 0) is 19.4 Å². The molecule has 14 heteroatoms. The van der Waals surface area contributed by atoms with E-state index in [0.717, 1.165) is 17.2 Å². The maximum atomic E-state index is 13.1. The zero-order valence-electron chi connectivity index (χ0n) is 18.5. The largest absolute Gasteiger partial charge is 0.433 e. The third-order valence-electron chi connectivity index (χ3n) is 6.12. The van der Waals surface area contributed by atoms with E-state index in [1.807, 2.05) is 9.80 Å². The highest BCUT2D eigenvalue weighted by molar-refractivity contribution is 5.56. The van der Waals surface area contributed by atoms with Crippen molar-refractivity contribution in [3.63, 3.8) is 0 Å². The molecule has 0 aromatic carbocycles. The number of hydrogen-bond donors (Lipinski definition) is 0. The number of hydrogen-bond acceptors (Lipinski definition) is 7. The van der Waals surface area contributed by atoms with Crippen LogP contribution in [0.4, 0.5) is 38.0 Å². The fourth-order valence-electron chi connectivity index (χ4n) is 4.57. The highest BCUT2D eigenvalue weighted by atomic mass is 19.4. The van der Waals surface area contributed by atoms with Crippen LogP contribution in [0, 0.1) is 12.3 Å². The normalized spacial score (nSPS) is 17.8. The zero-order chi connectivity index (χ0) is 25.0. The lowest BCUT2D eigenvalue weighted by Gasteiger charge is -2.48. The van der Waals surface area contributed by atoms with E-state index in [4.69, 9.17) is 0 Å². The first-order chi connectivity index (χ1) is 16.4. The molecule has 0 radical (unpaired) electrons. The Morgan fingerprint density at radius 1 is 0.914 bits per heavy atom. The van der Waals surface area contributed by atoms with Gasteiger partial charge in [0.1, 0.15) is 41.1 Å². The van der Waals surface area contributed by atoms with Crippen molar-refractivity contribution in [1.29, 1.82) is 0 Å². The van der Waals surface area contributed by atoms with Crippen molar-refractivity contribution in [2.45, 2.75) is 32.2 Å². The molecule has 35 heavy (non-hydrogen) atoms. The van der Waals surface area contributed by atoms with Crippen molar-refractivity contribution in [3.05, 3.63) is 42.2 Å². The summed E-state index contributed by atoms with van der Waals surface area (Å²) in [5.41, 5.74) is -0.440. The molecule has 2 fully saturated rings. The summed E-state index contributed by atoms with van der Waals surface area (Å²) in [6.07, 6.45) is -3.85. The van der Waals surface area contributed by atoms with Gasteiger partial charge in [0.25, 0.3) is 0 Å². The van der Waals surface area contributed by atoms with Gasteiger partial charge in [-0.15, -0.1) is 0 Å². The van der Waals surface area contributed by atoms with E-state index in [0.29, 0.717) is 37.7 Å². The molecular formula is C21H20F6N8. The van der Waals surface area contributed by atoms with E-state index in [-0.39, 0.29) is 22.8 Å². The molecule has 0 aliphatic carbocycles. The van der Waals surface area contributed by atoms with Gasteiger partial charge in [-0.3, -0.25) is 9.67 Å². The van der Waals surface area contributed by atoms with Crippen LogP contribution in [0.1, 0.15) is 17.9 Å². The maximum absolute atomic E-state index is 13.1. The molecule has 0 unspecified atom stereocenters. The van der Waals surface area contributed by atoms with Crippen molar-refractivity contribution in [2.75, 3.05) is 36.0 Å². The first kappa shape index (κ1) is 23.3. The molecule has 186 valence electrons. The molecule has 5 heterocycles. The van der Waals surface area contributed by atoms with Crippen LogP contribution in [-0.2, 0) is 12.7 Å². The van der Waals surface area contributed by atoms with Gasteiger partial charge in [0.15, 0.2) is 0 Å². The number of halogens is 6. The molecule has 0 N–H and O–H groups in total. The third-order valence-corrected chi connectivity index (χ3v) is 6.12. The molecule has 0 saturated carbocycles. The van der Waals surface area contributed by atoms with Crippen molar-refractivity contribution in [2.24, 2.45) is 5.41 Å². The average molecular weight is 498 g/mol. The molecule has 0 amide bonds. The molecule has 0 atom stereocenters. The predicted octanol–water partition coefficient (Wildman–Crippen LogP) is 3.74. The minimum atomic E-state index is -4.54. The van der Waals surface area contributed by atoms with Gasteiger partial charge >= 0.3 is 12.4 Å². The Morgan fingerprint density at radius 2 is 1.66 bits per heavy atom. The first-order valence-electron chi connectivity index (χ1n) is 10.7. The second-order valence-electron chi connectivity index (χ2n) is 8.96. The van der Waals surface area contributed by atoms with Gasteiger partial charge in [0, 0.05) is 43.9 Å². The Balaban J connectivity index is 1.26. The van der Waals surface area contributed by atoms with Crippen LogP contribution < -0.4 is 9.80 Å². The van der Waals surface area contributed by atoms with Gasteiger partial charge in [-0.25, -0.2) is 15.0 Å². The van der Waals surface area contributed by atoms with Crippen molar-refractivity contribution in [1.82, 2.24) is 29.7 Å². The minimum absolute atomic E-state index is 0.0635. The summed E-state index contributed by atoms with van der Waals surface area (Å²) in [5, 5.41) is 3.94. The van der Waals surface area contributed by atoms with Gasteiger partial charge in [0.05, 0.1) is 12.4 Å². The van der Waals surface area contributed by atoms with Crippen molar-refractivity contribution >= 4 is 11.6 Å². The van der Waals surface area contributed by atoms with Gasteiger partial charge in [-0.2, -0.15) is 31.4 Å². The highest BCUT2D eigenvalue weighted by Crippen LogP contribution is 2.43. The molecule has 3 aromatic heterocycles. The predicted molar refractivity (Wildman–Crippen MR) is 113 cm³/mol. The van der Waals surface area contributed by atoms with Crippen LogP contribution in [0.2, 0.25) is 0 Å². The number of aromatic nitrogens is 6. The number of alkyl halides is 6. The Morgan fingerprint density at radius 3 is 2.37 bits per heavy atom. The average Bonchev–Trinajstić information content (AvgIpc) is 3.38. The highest BCUT2D eigenvalue weighted by Gasteiger charge is 2.49. The van der Waals surface area contributed by atoms with Crippen LogP contribution in [0.3, 0.4) is 0 Å². The molecule has 1 spiro atoms. The minimum Gasteiger partial charge on any atom is -0.355 e. The van der Waals surface area contributed by atoms with E-state index in [1.54, 1.807) is 6.20 Å². The molecule has 2 saturated heterocycles. The fraction of sp³-hybridized carbons (Fsp3) is 0.476. The van der Waals surface area contributed by atoms with Crippen molar-refractivity contribution < 1.29 is 26.3 Å². The summed E-state index contributed by atoms with van der Waals surface area (Å²) in [5.74, 6) is 0.888. The standard InChI is InChI=1S/C21H20F6N8/c1-13-29-16(21(25,26)27)6-17(30-13)34-10-19(11-34)3-5-33(9-19)18-8-28-7-15(31-18)14-2-4-35(32-14)12-20(22,23)24/h2,4,6-8H,3,5,9-12H2,1H3. The second kappa shape index (κ2) is 8.05. The molecule has 8 nitrogen and oxygen atoms in total. The molecule has 0 bridgehead atoms. The summed E-state index contributed by atoms with van der Waals surface area (Å²) in [6.45, 7) is 2.63. The molecule has 5 rings (SSSR count). The molecular weight excluding hydrogens is 478 g/mol. The first-order valence-corrected chi connectivity index (χ1v) is 10.7. The lowest BCUT2D eigenvalue weighted by atomic mass is 9.79. The summed E-state index contributed by atoms with van der Waals surface area (Å²) >= 11 is 0. The topological polar surface area (TPSA) is 75.9 Å². The van der Waals surface area contributed by atoms with E-state index in [9.17, 15) is 26.3 Å². The quantitative estimate of drug-likeness (QED) is 0.508. The van der Waals surface area contributed by atoms with Crippen LogP contribution in [0.25, 0.3) is 11.4 Å². The number of rotatable bonds is 4. The SMILES string of the molecule is Cc1nc(N2CC3(CCN(c4cncc(-c5ccn(CC(F)(F)F)n5)n4)C3)C2)cc(C(F)(F)F)n1. The second-order valence-corrected chi connectivity index (χ2v) is 8.96. The Labute approximate surface area is 195 Å². The van der Waals surface area contributed by atoms with E-state index >= 15 is 0 Å². The fourth-order valence-corrected chi connectivity index (χ4v) is 4.57. The van der Waals surface area contributed by atoms with Crippen molar-refractivity contribution in [3.8, 4) is 11.4 Å². The smallest absolute Gasteiger partial charge is 0.355 e. The summed E-state index contributed by atoms with van der Waals surface area (Å²) < 4.78 is 78.0. The Bertz CT molecular complexity index is 1230. The summed E-state index contributed by atoms with van der Waals surface area (Å²) in [4.78, 5) is 20.2. The Hall–Kier alpha value is -3.45. The van der Waals surface area contributed by atoms with Gasteiger partial charge in [0.2, 0.25) is 0 Å². The number of aryl methyl sites for hydroxylation is 1. The van der Waals surface area contributed by atoms with Crippen LogP contribution in [0.15, 0.2) is 30.7 Å². The third kappa shape index (κ3) is 4.86. The van der Waals surface area contributed by atoms with E-state index in [2.05, 4.69) is 25.0 Å². The molecule has 2 aliphatic heterocycles. The van der Waals surface area contributed by atoms with E-state index in [1.165, 1.54) is 25.4 Å². The lowest BCUT2D eigenvalue weighted by Crippen LogP contribution is -2.58. The monoisotopic (exact) mass is 498 g/mol. The molecule has 2 aliphatic rings. The zero-order valence-corrected chi connectivity index (χ0v) is 18.5. The maximum Gasteiger partial charge on any atom is 0.433 e. The summed E-state index contributed by atoms with van der Waals surface area (Å²) in [7, 11) is 0. The van der Waals surface area contributed by atoms with Crippen LogP contribution in [-0.4, -0.2) is 62.1 Å². The van der Waals surface area contributed by atoms with Gasteiger partial charge in [-0.1, -0.05) is 0 Å². The van der Waals surface area contributed by atoms with Crippen LogP contribution >= 0.6 is 0 Å². The number of anilines is 2. The Kier molecular flexibility index (Phi) is 5.36. The molecule has 3 aromatic rings. The summed E-state index contributed by atoms with van der Waals surface area (Å²) in [6, 6.07) is 2.42. The van der Waals surface area contributed by atoms with Gasteiger partial charge < -0.3 is 9.80 Å². The number of nitrogens with zero attached hydrogens (tertiary/aromatic N) is 8. The van der Waals surface area contributed by atoms with Crippen LogP contribution in [0.5, 0.6) is 0 Å².